The van der Waals surface area contributed by atoms with Gasteiger partial charge in [0.2, 0.25) is 5.91 Å². The molecule has 1 aliphatic heterocycles. The van der Waals surface area contributed by atoms with Crippen LogP contribution >= 0.6 is 12.2 Å². The minimum atomic E-state index is -0.886. The molecule has 1 aromatic rings. The van der Waals surface area contributed by atoms with Crippen LogP contribution in [-0.2, 0) is 14.3 Å². The number of piperazine rings is 1. The van der Waals surface area contributed by atoms with Crippen molar-refractivity contribution in [3.63, 3.8) is 0 Å². The first-order valence-electron chi connectivity index (χ1n) is 8.63. The minimum Gasteiger partial charge on any atom is -0.466 e. The number of amides is 2. The molecular weight excluding hydrogens is 388 g/mol. The van der Waals surface area contributed by atoms with Crippen LogP contribution in [0.15, 0.2) is 24.3 Å². The molecule has 150 valence electrons. The van der Waals surface area contributed by atoms with E-state index in [1.165, 1.54) is 29.2 Å². The van der Waals surface area contributed by atoms with Crippen LogP contribution in [0.2, 0.25) is 0 Å². The maximum Gasteiger partial charge on any atom is 0.308 e. The summed E-state index contributed by atoms with van der Waals surface area (Å²) in [5, 5.41) is 15.8. The van der Waals surface area contributed by atoms with Gasteiger partial charge < -0.3 is 15.0 Å². The molecule has 1 heterocycles. The van der Waals surface area contributed by atoms with Gasteiger partial charge in [-0.3, -0.25) is 29.8 Å². The predicted octanol–water partition coefficient (Wildman–Crippen LogP) is 0.753. The van der Waals surface area contributed by atoms with E-state index in [-0.39, 0.29) is 35.3 Å². The van der Waals surface area contributed by atoms with Gasteiger partial charge in [-0.25, -0.2) is 0 Å². The zero-order valence-electron chi connectivity index (χ0n) is 15.2. The number of nitrogens with zero attached hydrogens (tertiary/aromatic N) is 2. The Kier molecular flexibility index (Phi) is 7.38. The van der Waals surface area contributed by atoms with Crippen LogP contribution in [0.3, 0.4) is 0 Å². The molecule has 1 fully saturated rings. The topological polar surface area (TPSA) is 131 Å². The number of hydrogen-bond acceptors (Lipinski definition) is 7. The fraction of sp³-hybridized carbons (Fsp3) is 0.412. The van der Waals surface area contributed by atoms with Crippen LogP contribution in [0.25, 0.3) is 0 Å². The SMILES string of the molecule is CCCOC(=O)CC1C(=O)NCCN1C(=S)NC(=O)c1ccc([N+](=O)[O-])cc1. The zero-order valence-corrected chi connectivity index (χ0v) is 16.0. The number of rotatable bonds is 6. The lowest BCUT2D eigenvalue weighted by Crippen LogP contribution is -2.60. The van der Waals surface area contributed by atoms with Crippen LogP contribution in [0, 0.1) is 10.1 Å². The molecule has 1 atom stereocenters. The largest absolute Gasteiger partial charge is 0.466 e. The fourth-order valence-electron chi connectivity index (χ4n) is 2.57. The molecule has 1 saturated heterocycles. The number of nitro groups is 1. The first kappa shape index (κ1) is 21.2. The molecule has 0 bridgehead atoms. The molecule has 0 saturated carbocycles. The van der Waals surface area contributed by atoms with Crippen LogP contribution in [0.4, 0.5) is 5.69 Å². The third-order valence-electron chi connectivity index (χ3n) is 3.98. The van der Waals surface area contributed by atoms with E-state index in [4.69, 9.17) is 17.0 Å². The van der Waals surface area contributed by atoms with E-state index in [0.717, 1.165) is 0 Å². The molecule has 1 unspecified atom stereocenters. The number of hydrogen-bond donors (Lipinski definition) is 2. The summed E-state index contributed by atoms with van der Waals surface area (Å²) in [4.78, 5) is 48.0. The average molecular weight is 408 g/mol. The van der Waals surface area contributed by atoms with Gasteiger partial charge in [0.15, 0.2) is 5.11 Å². The first-order valence-corrected chi connectivity index (χ1v) is 9.04. The fourth-order valence-corrected chi connectivity index (χ4v) is 2.88. The molecule has 0 aliphatic carbocycles. The molecule has 0 radical (unpaired) electrons. The van der Waals surface area contributed by atoms with Crippen molar-refractivity contribution < 1.29 is 24.0 Å². The highest BCUT2D eigenvalue weighted by molar-refractivity contribution is 7.80. The molecule has 11 heteroatoms. The van der Waals surface area contributed by atoms with Gasteiger partial charge in [-0.1, -0.05) is 6.92 Å². The van der Waals surface area contributed by atoms with Crippen molar-refractivity contribution >= 4 is 40.8 Å². The molecule has 28 heavy (non-hydrogen) atoms. The number of thiocarbonyl (C=S) groups is 1. The van der Waals surface area contributed by atoms with Gasteiger partial charge in [-0.15, -0.1) is 0 Å². The third-order valence-corrected chi connectivity index (χ3v) is 4.32. The number of benzene rings is 1. The van der Waals surface area contributed by atoms with Crippen molar-refractivity contribution in [2.75, 3.05) is 19.7 Å². The maximum absolute atomic E-state index is 12.3. The van der Waals surface area contributed by atoms with Crippen molar-refractivity contribution in [2.45, 2.75) is 25.8 Å². The molecule has 10 nitrogen and oxygen atoms in total. The van der Waals surface area contributed by atoms with Crippen molar-refractivity contribution in [2.24, 2.45) is 0 Å². The number of non-ortho nitro benzene ring substituents is 1. The summed E-state index contributed by atoms with van der Waals surface area (Å²) in [5.74, 6) is -1.48. The monoisotopic (exact) mass is 408 g/mol. The van der Waals surface area contributed by atoms with Gasteiger partial charge in [-0.05, 0) is 30.8 Å². The lowest BCUT2D eigenvalue weighted by molar-refractivity contribution is -0.384. The highest BCUT2D eigenvalue weighted by Crippen LogP contribution is 2.13. The zero-order chi connectivity index (χ0) is 20.7. The molecule has 2 amide bonds. The summed E-state index contributed by atoms with van der Waals surface area (Å²) in [6, 6.07) is 4.14. The van der Waals surface area contributed by atoms with Gasteiger partial charge in [0, 0.05) is 30.8 Å². The van der Waals surface area contributed by atoms with Gasteiger partial charge in [0.1, 0.15) is 6.04 Å². The van der Waals surface area contributed by atoms with Gasteiger partial charge in [-0.2, -0.15) is 0 Å². The summed E-state index contributed by atoms with van der Waals surface area (Å²) in [6.07, 6.45) is 0.468. The van der Waals surface area contributed by atoms with E-state index >= 15 is 0 Å². The number of carbonyl (C=O) groups is 3. The molecule has 0 spiro atoms. The molecule has 0 aromatic heterocycles. The third kappa shape index (κ3) is 5.46. The Morgan fingerprint density at radius 2 is 2.07 bits per heavy atom. The van der Waals surface area contributed by atoms with Crippen molar-refractivity contribution in [1.82, 2.24) is 15.5 Å². The number of nitrogens with one attached hydrogen (secondary N) is 2. The summed E-state index contributed by atoms with van der Waals surface area (Å²) >= 11 is 5.24. The Morgan fingerprint density at radius 3 is 2.68 bits per heavy atom. The Morgan fingerprint density at radius 1 is 1.39 bits per heavy atom. The minimum absolute atomic E-state index is 0.00788. The number of nitro benzene ring substituents is 1. The Labute approximate surface area is 166 Å². The van der Waals surface area contributed by atoms with Crippen LogP contribution in [-0.4, -0.2) is 58.5 Å². The van der Waals surface area contributed by atoms with E-state index in [1.54, 1.807) is 0 Å². The predicted molar refractivity (Wildman–Crippen MR) is 103 cm³/mol. The van der Waals surface area contributed by atoms with E-state index in [9.17, 15) is 24.5 Å². The highest BCUT2D eigenvalue weighted by atomic mass is 32.1. The van der Waals surface area contributed by atoms with Crippen LogP contribution < -0.4 is 10.6 Å². The lowest BCUT2D eigenvalue weighted by atomic mass is 10.1. The van der Waals surface area contributed by atoms with Gasteiger partial charge in [0.25, 0.3) is 11.6 Å². The Bertz CT molecular complexity index is 782. The average Bonchev–Trinajstić information content (AvgIpc) is 2.67. The van der Waals surface area contributed by atoms with E-state index in [1.807, 2.05) is 6.92 Å². The van der Waals surface area contributed by atoms with Gasteiger partial charge in [0.05, 0.1) is 18.0 Å². The van der Waals surface area contributed by atoms with Crippen molar-refractivity contribution in [3.8, 4) is 0 Å². The van der Waals surface area contributed by atoms with E-state index in [2.05, 4.69) is 10.6 Å². The second kappa shape index (κ2) is 9.74. The maximum atomic E-state index is 12.3. The number of ether oxygens (including phenoxy) is 1. The van der Waals surface area contributed by atoms with E-state index in [0.29, 0.717) is 19.5 Å². The van der Waals surface area contributed by atoms with Crippen molar-refractivity contribution in [1.29, 1.82) is 0 Å². The van der Waals surface area contributed by atoms with Crippen LogP contribution in [0.1, 0.15) is 30.1 Å². The highest BCUT2D eigenvalue weighted by Gasteiger charge is 2.34. The first-order chi connectivity index (χ1) is 13.3. The number of esters is 1. The summed E-state index contributed by atoms with van der Waals surface area (Å²) in [6.45, 7) is 2.74. The molecular formula is C17H20N4O6S. The summed E-state index contributed by atoms with van der Waals surface area (Å²) in [7, 11) is 0. The summed E-state index contributed by atoms with van der Waals surface area (Å²) in [5.41, 5.74) is 0.0331. The number of carbonyl (C=O) groups excluding carboxylic acids is 3. The summed E-state index contributed by atoms with van der Waals surface area (Å²) < 4.78 is 5.02. The normalized spacial score (nSPS) is 16.1. The smallest absolute Gasteiger partial charge is 0.308 e. The standard InChI is InChI=1S/C17H20N4O6S/c1-2-9-27-14(22)10-13-16(24)18-7-8-20(13)17(28)19-15(23)11-3-5-12(6-4-11)21(25)26/h3-6,13H,2,7-10H2,1H3,(H,18,24)(H,19,23,28). The molecule has 1 aromatic carbocycles. The lowest BCUT2D eigenvalue weighted by Gasteiger charge is -2.36. The molecule has 2 rings (SSSR count). The molecule has 2 N–H and O–H groups in total. The quantitative estimate of drug-likeness (QED) is 0.305. The second-order valence-corrected chi connectivity index (χ2v) is 6.37. The molecule has 1 aliphatic rings. The Hall–Kier alpha value is -3.08. The van der Waals surface area contributed by atoms with E-state index < -0.39 is 22.8 Å². The second-order valence-electron chi connectivity index (χ2n) is 5.99. The van der Waals surface area contributed by atoms with Crippen molar-refractivity contribution in [3.05, 3.63) is 39.9 Å². The van der Waals surface area contributed by atoms with Gasteiger partial charge >= 0.3 is 5.97 Å². The Balaban J connectivity index is 2.04. The van der Waals surface area contributed by atoms with Crippen LogP contribution in [0.5, 0.6) is 0 Å².